The fraction of sp³-hybridized carbons (Fsp3) is 0.200. The number of ether oxygens (including phenoxy) is 1. The molecule has 2 aromatic carbocycles. The number of aromatic nitrogens is 2. The summed E-state index contributed by atoms with van der Waals surface area (Å²) in [6.45, 7) is 3.81. The number of sulfonamides is 1. The van der Waals surface area contributed by atoms with E-state index in [9.17, 15) is 17.6 Å². The Kier molecular flexibility index (Phi) is 5.81. The van der Waals surface area contributed by atoms with Crippen molar-refractivity contribution < 1.29 is 22.3 Å². The molecule has 0 aliphatic heterocycles. The van der Waals surface area contributed by atoms with Crippen LogP contribution in [-0.2, 0) is 21.2 Å². The maximum Gasteiger partial charge on any atom is 0.358 e. The van der Waals surface area contributed by atoms with E-state index in [-0.39, 0.29) is 22.9 Å². The second-order valence-electron chi connectivity index (χ2n) is 6.48. The zero-order valence-electron chi connectivity index (χ0n) is 15.9. The van der Waals surface area contributed by atoms with Gasteiger partial charge in [0.2, 0.25) is 10.0 Å². The molecule has 3 rings (SSSR count). The van der Waals surface area contributed by atoms with Crippen molar-refractivity contribution in [2.24, 2.45) is 5.14 Å². The lowest BCUT2D eigenvalue weighted by atomic mass is 10.1. The van der Waals surface area contributed by atoms with Gasteiger partial charge in [0.25, 0.3) is 0 Å². The van der Waals surface area contributed by atoms with Gasteiger partial charge in [-0.1, -0.05) is 29.8 Å². The van der Waals surface area contributed by atoms with Crippen LogP contribution in [-0.4, -0.2) is 30.8 Å². The van der Waals surface area contributed by atoms with Crippen LogP contribution in [0.4, 0.5) is 4.39 Å². The number of rotatable bonds is 6. The Morgan fingerprint density at radius 3 is 2.59 bits per heavy atom. The van der Waals surface area contributed by atoms with E-state index in [0.717, 1.165) is 17.2 Å². The lowest BCUT2D eigenvalue weighted by molar-refractivity contribution is 0.0519. The minimum Gasteiger partial charge on any atom is -0.461 e. The van der Waals surface area contributed by atoms with E-state index in [1.807, 2.05) is 31.2 Å². The minimum absolute atomic E-state index is 0.00407. The number of halogens is 1. The Morgan fingerprint density at radius 1 is 1.21 bits per heavy atom. The van der Waals surface area contributed by atoms with Gasteiger partial charge in [-0.3, -0.25) is 0 Å². The minimum atomic E-state index is -4.05. The third-order valence-electron chi connectivity index (χ3n) is 4.21. The van der Waals surface area contributed by atoms with Crippen molar-refractivity contribution >= 4 is 16.0 Å². The molecule has 7 nitrogen and oxygen atoms in total. The molecule has 2 N–H and O–H groups in total. The number of primary sulfonamides is 1. The van der Waals surface area contributed by atoms with Crippen molar-refractivity contribution in [3.05, 3.63) is 76.9 Å². The van der Waals surface area contributed by atoms with Crippen molar-refractivity contribution in [2.75, 3.05) is 6.61 Å². The topological polar surface area (TPSA) is 104 Å². The van der Waals surface area contributed by atoms with Crippen molar-refractivity contribution in [3.8, 4) is 5.69 Å². The van der Waals surface area contributed by atoms with Gasteiger partial charge in [0.1, 0.15) is 11.5 Å². The Hall–Kier alpha value is -3.04. The molecule has 152 valence electrons. The average Bonchev–Trinajstić information content (AvgIpc) is 3.05. The number of nitrogens with zero attached hydrogens (tertiary/aromatic N) is 2. The first-order valence-corrected chi connectivity index (χ1v) is 10.4. The summed E-state index contributed by atoms with van der Waals surface area (Å²) in [6.07, 6.45) is 0.379. The summed E-state index contributed by atoms with van der Waals surface area (Å²) in [5.41, 5.74) is 2.58. The third-order valence-corrected chi connectivity index (χ3v) is 5.12. The van der Waals surface area contributed by atoms with Crippen molar-refractivity contribution in [2.45, 2.75) is 25.2 Å². The van der Waals surface area contributed by atoms with Crippen LogP contribution in [0.25, 0.3) is 5.69 Å². The maximum absolute atomic E-state index is 14.7. The Labute approximate surface area is 168 Å². The predicted octanol–water partition coefficient (Wildman–Crippen LogP) is 2.73. The molecule has 0 saturated carbocycles. The van der Waals surface area contributed by atoms with Crippen LogP contribution in [0.2, 0.25) is 0 Å². The molecule has 0 bridgehead atoms. The van der Waals surface area contributed by atoms with Crippen molar-refractivity contribution in [1.82, 2.24) is 9.78 Å². The largest absolute Gasteiger partial charge is 0.461 e. The number of hydrogen-bond acceptors (Lipinski definition) is 5. The molecule has 3 aromatic rings. The molecule has 1 aromatic heterocycles. The van der Waals surface area contributed by atoms with Gasteiger partial charge in [-0.05, 0) is 43.7 Å². The van der Waals surface area contributed by atoms with Crippen LogP contribution in [0.15, 0.2) is 53.4 Å². The van der Waals surface area contributed by atoms with Crippen LogP contribution in [0.5, 0.6) is 0 Å². The smallest absolute Gasteiger partial charge is 0.358 e. The van der Waals surface area contributed by atoms with E-state index in [0.29, 0.717) is 12.1 Å². The molecular formula is C20H20FN3O4S. The van der Waals surface area contributed by atoms with E-state index in [2.05, 4.69) is 5.10 Å². The van der Waals surface area contributed by atoms with Gasteiger partial charge in [0, 0.05) is 12.1 Å². The first kappa shape index (κ1) is 20.7. The van der Waals surface area contributed by atoms with E-state index in [4.69, 9.17) is 9.88 Å². The number of carbonyl (C=O) groups is 1. The number of nitrogens with two attached hydrogens (primary N) is 1. The molecule has 0 aliphatic carbocycles. The third kappa shape index (κ3) is 4.69. The molecule has 0 saturated heterocycles. The Balaban J connectivity index is 2.10. The van der Waals surface area contributed by atoms with Crippen molar-refractivity contribution in [3.63, 3.8) is 0 Å². The number of carbonyl (C=O) groups excluding carboxylic acids is 1. The van der Waals surface area contributed by atoms with Crippen LogP contribution in [0.1, 0.15) is 34.2 Å². The number of aryl methyl sites for hydroxylation is 1. The summed E-state index contributed by atoms with van der Waals surface area (Å²) in [6, 6.07) is 12.6. The molecule has 0 unspecified atom stereocenters. The molecular weight excluding hydrogens is 397 g/mol. The number of esters is 1. The predicted molar refractivity (Wildman–Crippen MR) is 105 cm³/mol. The molecule has 0 spiro atoms. The van der Waals surface area contributed by atoms with E-state index >= 15 is 0 Å². The molecule has 29 heavy (non-hydrogen) atoms. The SMILES string of the molecule is CCOC(=O)c1cc(Cc2cccc(C)c2)n(-c2ccc(S(N)(=O)=O)cc2F)n1. The molecule has 0 fully saturated rings. The summed E-state index contributed by atoms with van der Waals surface area (Å²) >= 11 is 0. The summed E-state index contributed by atoms with van der Waals surface area (Å²) in [4.78, 5) is 11.8. The van der Waals surface area contributed by atoms with Gasteiger partial charge in [0.15, 0.2) is 5.69 Å². The average molecular weight is 417 g/mol. The first-order valence-electron chi connectivity index (χ1n) is 8.83. The maximum atomic E-state index is 14.7. The number of benzene rings is 2. The fourth-order valence-electron chi connectivity index (χ4n) is 2.93. The van der Waals surface area contributed by atoms with Gasteiger partial charge in [-0.25, -0.2) is 27.4 Å². The normalized spacial score (nSPS) is 11.4. The van der Waals surface area contributed by atoms with Crippen LogP contribution >= 0.6 is 0 Å². The van der Waals surface area contributed by atoms with Gasteiger partial charge < -0.3 is 4.74 Å². The number of hydrogen-bond donors (Lipinski definition) is 1. The van der Waals surface area contributed by atoms with E-state index in [1.54, 1.807) is 6.92 Å². The zero-order chi connectivity index (χ0) is 21.2. The van der Waals surface area contributed by atoms with Gasteiger partial charge in [-0.2, -0.15) is 5.10 Å². The van der Waals surface area contributed by atoms with Crippen molar-refractivity contribution in [1.29, 1.82) is 0 Å². The second kappa shape index (κ2) is 8.14. The first-order chi connectivity index (χ1) is 13.7. The fourth-order valence-corrected chi connectivity index (χ4v) is 3.45. The lowest BCUT2D eigenvalue weighted by Crippen LogP contribution is -2.13. The molecule has 9 heteroatoms. The van der Waals surface area contributed by atoms with Crippen LogP contribution in [0.3, 0.4) is 0 Å². The quantitative estimate of drug-likeness (QED) is 0.621. The van der Waals surface area contributed by atoms with Gasteiger partial charge >= 0.3 is 5.97 Å². The highest BCUT2D eigenvalue weighted by molar-refractivity contribution is 7.89. The standard InChI is InChI=1S/C20H20FN3O4S/c1-3-28-20(25)18-11-15(10-14-6-4-5-13(2)9-14)24(23-18)19-8-7-16(12-17(19)21)29(22,26)27/h4-9,11-12H,3,10H2,1-2H3,(H2,22,26,27). The summed E-state index contributed by atoms with van der Waals surface area (Å²) in [7, 11) is -4.05. The monoisotopic (exact) mass is 417 g/mol. The Morgan fingerprint density at radius 2 is 1.97 bits per heavy atom. The highest BCUT2D eigenvalue weighted by atomic mass is 32.2. The molecule has 1 heterocycles. The highest BCUT2D eigenvalue weighted by Gasteiger charge is 2.20. The van der Waals surface area contributed by atoms with E-state index < -0.39 is 21.8 Å². The summed E-state index contributed by atoms with van der Waals surface area (Å²) < 4.78 is 43.9. The molecule has 0 radical (unpaired) electrons. The summed E-state index contributed by atoms with van der Waals surface area (Å²) in [5.74, 6) is -1.46. The van der Waals surface area contributed by atoms with Gasteiger partial charge in [-0.15, -0.1) is 0 Å². The summed E-state index contributed by atoms with van der Waals surface area (Å²) in [5, 5.41) is 9.25. The molecule has 0 atom stereocenters. The molecule has 0 amide bonds. The molecule has 0 aliphatic rings. The lowest BCUT2D eigenvalue weighted by Gasteiger charge is -2.10. The highest BCUT2D eigenvalue weighted by Crippen LogP contribution is 2.22. The zero-order valence-corrected chi connectivity index (χ0v) is 16.7. The Bertz CT molecular complexity index is 1170. The van der Waals surface area contributed by atoms with Crippen LogP contribution in [0, 0.1) is 12.7 Å². The van der Waals surface area contributed by atoms with Gasteiger partial charge in [0.05, 0.1) is 11.5 Å². The van der Waals surface area contributed by atoms with E-state index in [1.165, 1.54) is 22.9 Å². The van der Waals surface area contributed by atoms with Crippen LogP contribution < -0.4 is 5.14 Å². The second-order valence-corrected chi connectivity index (χ2v) is 8.04.